The average molecular weight is 280 g/mol. The molecule has 0 N–H and O–H groups in total. The Morgan fingerprint density at radius 2 is 2.16 bits per heavy atom. The average Bonchev–Trinajstić information content (AvgIpc) is 2.99. The van der Waals surface area contributed by atoms with Crippen molar-refractivity contribution in [2.24, 2.45) is 0 Å². The van der Waals surface area contributed by atoms with E-state index in [1.807, 2.05) is 0 Å². The molecule has 1 atom stereocenters. The maximum Gasteiger partial charge on any atom is 0.183 e. The second-order valence-electron chi connectivity index (χ2n) is 5.23. The first-order valence-corrected chi connectivity index (χ1v) is 7.07. The van der Waals surface area contributed by atoms with Crippen LogP contribution in [0.25, 0.3) is 11.2 Å². The summed E-state index contributed by atoms with van der Waals surface area (Å²) in [5.74, 6) is 1.29. The summed E-state index contributed by atoms with van der Waals surface area (Å²) in [6.45, 7) is 1.52. The van der Waals surface area contributed by atoms with Gasteiger partial charge in [-0.15, -0.1) is 5.10 Å². The summed E-state index contributed by atoms with van der Waals surface area (Å²) in [6, 6.07) is 0. The van der Waals surface area contributed by atoms with Gasteiger partial charge in [-0.2, -0.15) is 0 Å². The summed E-state index contributed by atoms with van der Waals surface area (Å²) in [7, 11) is 0. The lowest BCUT2D eigenvalue weighted by atomic mass is 10.2. The molecule has 6 nitrogen and oxygen atoms in total. The number of fused-ring (bicyclic) bond motifs is 1. The minimum absolute atomic E-state index is 0.211. The van der Waals surface area contributed by atoms with Gasteiger partial charge in [0.05, 0.1) is 12.6 Å². The minimum atomic E-state index is 0.211. The Bertz CT molecular complexity index is 618. The maximum absolute atomic E-state index is 6.17. The lowest BCUT2D eigenvalue weighted by Crippen LogP contribution is -2.16. The van der Waals surface area contributed by atoms with E-state index >= 15 is 0 Å². The maximum atomic E-state index is 6.17. The Kier molecular flexibility index (Phi) is 2.66. The van der Waals surface area contributed by atoms with Crippen molar-refractivity contribution in [3.63, 3.8) is 0 Å². The van der Waals surface area contributed by atoms with Gasteiger partial charge in [0.1, 0.15) is 5.82 Å². The smallest absolute Gasteiger partial charge is 0.183 e. The van der Waals surface area contributed by atoms with Crippen LogP contribution in [0.4, 0.5) is 0 Å². The molecule has 4 rings (SSSR count). The molecule has 1 saturated heterocycles. The number of hydrogen-bond donors (Lipinski definition) is 0. The fourth-order valence-corrected chi connectivity index (χ4v) is 2.68. The van der Waals surface area contributed by atoms with E-state index < -0.39 is 0 Å². The number of nitrogens with zero attached hydrogens (tertiary/aromatic N) is 5. The highest BCUT2D eigenvalue weighted by Crippen LogP contribution is 2.39. The van der Waals surface area contributed by atoms with E-state index in [-0.39, 0.29) is 6.10 Å². The van der Waals surface area contributed by atoms with Crippen molar-refractivity contribution >= 4 is 22.8 Å². The van der Waals surface area contributed by atoms with Gasteiger partial charge in [0.15, 0.2) is 16.3 Å². The zero-order chi connectivity index (χ0) is 12.8. The number of hydrogen-bond acceptors (Lipinski definition) is 5. The van der Waals surface area contributed by atoms with Crippen LogP contribution in [-0.2, 0) is 11.3 Å². The fourth-order valence-electron chi connectivity index (χ4n) is 2.47. The van der Waals surface area contributed by atoms with Crippen molar-refractivity contribution in [1.29, 1.82) is 0 Å². The van der Waals surface area contributed by atoms with Gasteiger partial charge in [-0.3, -0.25) is 0 Å². The summed E-state index contributed by atoms with van der Waals surface area (Å²) < 4.78 is 7.43. The predicted octanol–water partition coefficient (Wildman–Crippen LogP) is 1.93. The number of halogens is 1. The summed E-state index contributed by atoms with van der Waals surface area (Å²) in [4.78, 5) is 8.90. The highest BCUT2D eigenvalue weighted by Gasteiger charge is 2.29. The zero-order valence-corrected chi connectivity index (χ0v) is 11.2. The first kappa shape index (κ1) is 11.5. The molecular formula is C12H14ClN5O. The van der Waals surface area contributed by atoms with Crippen LogP contribution in [-0.4, -0.2) is 37.7 Å². The van der Waals surface area contributed by atoms with Crippen LogP contribution in [0.3, 0.4) is 0 Å². The molecule has 2 aromatic heterocycles. The molecule has 1 saturated carbocycles. The van der Waals surface area contributed by atoms with Crippen molar-refractivity contribution in [2.75, 3.05) is 6.61 Å². The van der Waals surface area contributed by atoms with Crippen molar-refractivity contribution in [3.8, 4) is 0 Å². The third-order valence-electron chi connectivity index (χ3n) is 3.68. The molecule has 0 amide bonds. The monoisotopic (exact) mass is 279 g/mol. The molecule has 7 heteroatoms. The fraction of sp³-hybridized carbons (Fsp3) is 0.667. The van der Waals surface area contributed by atoms with Crippen molar-refractivity contribution in [1.82, 2.24) is 25.0 Å². The van der Waals surface area contributed by atoms with E-state index in [2.05, 4.69) is 20.3 Å². The summed E-state index contributed by atoms with van der Waals surface area (Å²) in [5, 5.41) is 8.63. The normalized spacial score (nSPS) is 23.3. The largest absolute Gasteiger partial charge is 0.376 e. The van der Waals surface area contributed by atoms with E-state index in [1.54, 1.807) is 4.68 Å². The van der Waals surface area contributed by atoms with Crippen molar-refractivity contribution < 1.29 is 4.74 Å². The van der Waals surface area contributed by atoms with Crippen LogP contribution in [0, 0.1) is 0 Å². The Morgan fingerprint density at radius 1 is 1.26 bits per heavy atom. The topological polar surface area (TPSA) is 65.7 Å². The SMILES string of the molecule is Clc1nc(C2CC2)nc2c1nnn2C[C@H]1CCCO1. The lowest BCUT2D eigenvalue weighted by Gasteiger charge is -2.09. The van der Waals surface area contributed by atoms with Crippen LogP contribution in [0.15, 0.2) is 0 Å². The van der Waals surface area contributed by atoms with E-state index in [4.69, 9.17) is 16.3 Å². The number of ether oxygens (including phenoxy) is 1. The minimum Gasteiger partial charge on any atom is -0.376 e. The predicted molar refractivity (Wildman–Crippen MR) is 69.1 cm³/mol. The molecule has 0 radical (unpaired) electrons. The molecule has 0 unspecified atom stereocenters. The van der Waals surface area contributed by atoms with Gasteiger partial charge in [0.2, 0.25) is 0 Å². The van der Waals surface area contributed by atoms with Gasteiger partial charge in [-0.1, -0.05) is 16.8 Å². The lowest BCUT2D eigenvalue weighted by molar-refractivity contribution is 0.0944. The summed E-state index contributed by atoms with van der Waals surface area (Å²) in [6.07, 6.45) is 4.68. The highest BCUT2D eigenvalue weighted by molar-refractivity contribution is 6.33. The Hall–Kier alpha value is -1.27. The summed E-state index contributed by atoms with van der Waals surface area (Å²) >= 11 is 6.17. The van der Waals surface area contributed by atoms with E-state index in [0.29, 0.717) is 23.1 Å². The first-order chi connectivity index (χ1) is 9.31. The Morgan fingerprint density at radius 3 is 2.89 bits per heavy atom. The molecule has 100 valence electrons. The van der Waals surface area contributed by atoms with E-state index in [0.717, 1.165) is 43.8 Å². The molecule has 3 heterocycles. The van der Waals surface area contributed by atoms with Crippen LogP contribution >= 0.6 is 11.6 Å². The van der Waals surface area contributed by atoms with Crippen LogP contribution in [0.2, 0.25) is 5.15 Å². The van der Waals surface area contributed by atoms with Crippen molar-refractivity contribution in [3.05, 3.63) is 11.0 Å². The van der Waals surface area contributed by atoms with Crippen LogP contribution in [0.1, 0.15) is 37.4 Å². The molecule has 19 heavy (non-hydrogen) atoms. The van der Waals surface area contributed by atoms with Gasteiger partial charge in [0.25, 0.3) is 0 Å². The van der Waals surface area contributed by atoms with Crippen LogP contribution < -0.4 is 0 Å². The number of aromatic nitrogens is 5. The molecule has 2 fully saturated rings. The summed E-state index contributed by atoms with van der Waals surface area (Å²) in [5.41, 5.74) is 1.32. The van der Waals surface area contributed by atoms with Gasteiger partial charge in [-0.05, 0) is 25.7 Å². The highest BCUT2D eigenvalue weighted by atomic mass is 35.5. The quantitative estimate of drug-likeness (QED) is 0.803. The van der Waals surface area contributed by atoms with Crippen LogP contribution in [0.5, 0.6) is 0 Å². The first-order valence-electron chi connectivity index (χ1n) is 6.69. The molecule has 2 aliphatic rings. The Labute approximate surface area is 115 Å². The van der Waals surface area contributed by atoms with E-state index in [1.165, 1.54) is 0 Å². The number of rotatable bonds is 3. The van der Waals surface area contributed by atoms with Gasteiger partial charge < -0.3 is 4.74 Å². The molecule has 0 bridgehead atoms. The zero-order valence-electron chi connectivity index (χ0n) is 10.4. The van der Waals surface area contributed by atoms with Gasteiger partial charge in [-0.25, -0.2) is 14.6 Å². The standard InChI is InChI=1S/C12H14ClN5O/c13-10-9-12(15-11(14-10)7-3-4-7)18(17-16-9)6-8-2-1-5-19-8/h7-8H,1-6H2/t8-/m1/s1. The molecule has 1 aliphatic heterocycles. The second-order valence-corrected chi connectivity index (χ2v) is 5.58. The molecule has 1 aliphatic carbocycles. The van der Waals surface area contributed by atoms with Gasteiger partial charge >= 0.3 is 0 Å². The third-order valence-corrected chi connectivity index (χ3v) is 3.94. The Balaban J connectivity index is 1.73. The van der Waals surface area contributed by atoms with E-state index in [9.17, 15) is 0 Å². The van der Waals surface area contributed by atoms with Crippen molar-refractivity contribution in [2.45, 2.75) is 44.2 Å². The third kappa shape index (κ3) is 2.08. The second kappa shape index (κ2) is 4.38. The molecular weight excluding hydrogens is 266 g/mol. The molecule has 2 aromatic rings. The molecule has 0 aromatic carbocycles. The molecule has 0 spiro atoms. The van der Waals surface area contributed by atoms with Gasteiger partial charge in [0, 0.05) is 12.5 Å².